The van der Waals surface area contributed by atoms with Gasteiger partial charge in [0.25, 0.3) is 0 Å². The van der Waals surface area contributed by atoms with Crippen molar-refractivity contribution in [1.29, 1.82) is 0 Å². The number of hydrogen-bond donors (Lipinski definition) is 1. The first-order chi connectivity index (χ1) is 9.52. The van der Waals surface area contributed by atoms with Crippen LogP contribution in [0.1, 0.15) is 25.0 Å². The summed E-state index contributed by atoms with van der Waals surface area (Å²) in [5.41, 5.74) is 6.53. The van der Waals surface area contributed by atoms with E-state index in [4.69, 9.17) is 10.5 Å². The second-order valence-electron chi connectivity index (χ2n) is 4.30. The molecule has 0 aliphatic rings. The largest absolute Gasteiger partial charge is 0.444 e. The van der Waals surface area contributed by atoms with Gasteiger partial charge in [0.2, 0.25) is 0 Å². The van der Waals surface area contributed by atoms with Crippen LogP contribution < -0.4 is 5.73 Å². The third-order valence-corrected chi connectivity index (χ3v) is 3.62. The second-order valence-corrected chi connectivity index (χ2v) is 5.46. The van der Waals surface area contributed by atoms with Crippen molar-refractivity contribution in [2.75, 3.05) is 5.75 Å². The molecule has 0 fully saturated rings. The fourth-order valence-electron chi connectivity index (χ4n) is 1.55. The number of rotatable bonds is 6. The number of benzene rings is 1. The minimum atomic E-state index is -1.68. The highest BCUT2D eigenvalue weighted by atomic mass is 32.2. The Morgan fingerprint density at radius 2 is 2.15 bits per heavy atom. The van der Waals surface area contributed by atoms with E-state index >= 15 is 0 Å². The van der Waals surface area contributed by atoms with Gasteiger partial charge >= 0.3 is 6.09 Å². The number of ether oxygens (including phenoxy) is 1. The Morgan fingerprint density at radius 1 is 1.50 bits per heavy atom. The molecule has 0 saturated carbocycles. The molecule has 5 nitrogen and oxygen atoms in total. The molecule has 0 spiro atoms. The van der Waals surface area contributed by atoms with Crippen LogP contribution >= 0.6 is 0 Å². The van der Waals surface area contributed by atoms with Crippen LogP contribution in [0.15, 0.2) is 47.3 Å². The summed E-state index contributed by atoms with van der Waals surface area (Å²) in [5.74, 6) is 0.112. The van der Waals surface area contributed by atoms with E-state index in [0.717, 1.165) is 5.56 Å². The fraction of sp³-hybridized carbons (Fsp3) is 0.357. The number of carbonyl (C=O) groups excluding carboxylic acids is 1. The van der Waals surface area contributed by atoms with E-state index in [2.05, 4.69) is 10.9 Å². The summed E-state index contributed by atoms with van der Waals surface area (Å²) < 4.78 is 20.1. The molecule has 0 aliphatic heterocycles. The molecular weight excluding hydrogens is 276 g/mol. The molecule has 1 aromatic rings. The third-order valence-electron chi connectivity index (χ3n) is 2.55. The number of hydrogen-bond acceptors (Lipinski definition) is 5. The van der Waals surface area contributed by atoms with E-state index in [1.807, 2.05) is 30.3 Å². The summed E-state index contributed by atoms with van der Waals surface area (Å²) in [7, 11) is -1.68. The van der Waals surface area contributed by atoms with Gasteiger partial charge in [0.1, 0.15) is 6.10 Å². The Labute approximate surface area is 121 Å². The Morgan fingerprint density at radius 3 is 2.75 bits per heavy atom. The fourth-order valence-corrected chi connectivity index (χ4v) is 2.34. The molecule has 0 heterocycles. The van der Waals surface area contributed by atoms with E-state index < -0.39 is 22.8 Å². The molecule has 0 radical (unpaired) electrons. The maximum Gasteiger partial charge on any atom is 0.410 e. The first-order valence-corrected chi connectivity index (χ1v) is 7.52. The van der Waals surface area contributed by atoms with Crippen LogP contribution in [-0.4, -0.2) is 17.9 Å². The quantitative estimate of drug-likeness (QED) is 0.646. The first-order valence-electron chi connectivity index (χ1n) is 6.25. The zero-order chi connectivity index (χ0) is 15.0. The van der Waals surface area contributed by atoms with Crippen LogP contribution in [0.25, 0.3) is 0 Å². The number of nitrogens with zero attached hydrogens (tertiary/aromatic N) is 1. The standard InChI is InChI=1S/C14H19N2O3S/c1-3-7-13(15)10-20(18)16-14(17)19-11(2)12-8-5-4-6-9-12/h3-6,8-9,11,13H,1,7,10,15H2,2H3/q-1. The van der Waals surface area contributed by atoms with Crippen LogP contribution in [-0.2, 0) is 19.5 Å². The van der Waals surface area contributed by atoms with Gasteiger partial charge in [0.15, 0.2) is 0 Å². The molecule has 1 amide bonds. The maximum absolute atomic E-state index is 11.6. The molecule has 1 aromatic carbocycles. The van der Waals surface area contributed by atoms with Gasteiger partial charge in [-0.2, -0.15) is 10.6 Å². The normalized spacial score (nSPS) is 15.3. The van der Waals surface area contributed by atoms with Crippen LogP contribution in [0, 0.1) is 0 Å². The molecule has 6 heteroatoms. The lowest BCUT2D eigenvalue weighted by atomic mass is 10.1. The molecule has 110 valence electrons. The predicted molar refractivity (Wildman–Crippen MR) is 79.5 cm³/mol. The molecule has 1 rings (SSSR count). The highest BCUT2D eigenvalue weighted by Gasteiger charge is 2.08. The van der Waals surface area contributed by atoms with Crippen LogP contribution in [0.2, 0.25) is 0 Å². The van der Waals surface area contributed by atoms with Gasteiger partial charge in [-0.15, -0.1) is 6.58 Å². The Bertz CT molecular complexity index is 524. The smallest absolute Gasteiger partial charge is 0.410 e. The molecule has 2 N–H and O–H groups in total. The molecule has 2 atom stereocenters. The lowest BCUT2D eigenvalue weighted by Gasteiger charge is -2.14. The summed E-state index contributed by atoms with van der Waals surface area (Å²) in [5, 5.41) is 0. The average molecular weight is 295 g/mol. The van der Waals surface area contributed by atoms with E-state index in [-0.39, 0.29) is 11.8 Å². The van der Waals surface area contributed by atoms with Gasteiger partial charge in [-0.25, -0.2) is 4.79 Å². The molecule has 2 unspecified atom stereocenters. The van der Waals surface area contributed by atoms with E-state index in [1.54, 1.807) is 13.0 Å². The minimum Gasteiger partial charge on any atom is -0.444 e. The minimum absolute atomic E-state index is 0.112. The van der Waals surface area contributed by atoms with E-state index in [1.165, 1.54) is 0 Å². The Hall–Kier alpha value is -1.66. The molecule has 0 aromatic heterocycles. The van der Waals surface area contributed by atoms with E-state index in [0.29, 0.717) is 6.42 Å². The van der Waals surface area contributed by atoms with Crippen molar-refractivity contribution in [3.8, 4) is 0 Å². The summed E-state index contributed by atoms with van der Waals surface area (Å²) in [6.07, 6.45) is 0.880. The SMILES string of the molecule is C=CCC(N)C[S-](=O)=NC(=O)OC(C)c1ccccc1. The zero-order valence-electron chi connectivity index (χ0n) is 11.4. The van der Waals surface area contributed by atoms with Crippen LogP contribution in [0.5, 0.6) is 0 Å². The number of nitrogens with two attached hydrogens (primary N) is 1. The van der Waals surface area contributed by atoms with Gasteiger partial charge in [-0.1, -0.05) is 42.2 Å². The van der Waals surface area contributed by atoms with Gasteiger partial charge in [0.05, 0.1) is 0 Å². The van der Waals surface area contributed by atoms with Crippen molar-refractivity contribution in [1.82, 2.24) is 0 Å². The summed E-state index contributed by atoms with van der Waals surface area (Å²) in [4.78, 5) is 11.5. The first kappa shape index (κ1) is 16.4. The van der Waals surface area contributed by atoms with Gasteiger partial charge in [-0.05, 0) is 24.9 Å². The van der Waals surface area contributed by atoms with Gasteiger partial charge < -0.3 is 14.7 Å². The summed E-state index contributed by atoms with van der Waals surface area (Å²) in [6, 6.07) is 8.94. The lowest BCUT2D eigenvalue weighted by molar-refractivity contribution is 0.117. The molecule has 0 aliphatic carbocycles. The number of carbonyl (C=O) groups is 1. The average Bonchev–Trinajstić information content (AvgIpc) is 2.39. The van der Waals surface area contributed by atoms with Gasteiger partial charge in [0, 0.05) is 0 Å². The van der Waals surface area contributed by atoms with Crippen molar-refractivity contribution < 1.29 is 13.7 Å². The molecule has 0 saturated heterocycles. The molecule has 20 heavy (non-hydrogen) atoms. The zero-order valence-corrected chi connectivity index (χ0v) is 12.2. The monoisotopic (exact) mass is 295 g/mol. The van der Waals surface area contributed by atoms with Crippen molar-refractivity contribution in [3.05, 3.63) is 48.6 Å². The molecular formula is C14H19N2O3S-. The van der Waals surface area contributed by atoms with Crippen LogP contribution in [0.4, 0.5) is 4.79 Å². The van der Waals surface area contributed by atoms with Crippen molar-refractivity contribution in [2.45, 2.75) is 25.5 Å². The maximum atomic E-state index is 11.6. The highest BCUT2D eigenvalue weighted by Crippen LogP contribution is 2.16. The number of amides is 1. The van der Waals surface area contributed by atoms with Crippen molar-refractivity contribution in [2.24, 2.45) is 10.1 Å². The van der Waals surface area contributed by atoms with Crippen molar-refractivity contribution in [3.63, 3.8) is 0 Å². The summed E-state index contributed by atoms with van der Waals surface area (Å²) >= 11 is 0. The van der Waals surface area contributed by atoms with Gasteiger partial charge in [-0.3, -0.25) is 4.36 Å². The summed E-state index contributed by atoms with van der Waals surface area (Å²) in [6.45, 7) is 5.27. The van der Waals surface area contributed by atoms with E-state index in [9.17, 15) is 9.00 Å². The Balaban J connectivity index is 2.54. The lowest BCUT2D eigenvalue weighted by Crippen LogP contribution is -2.24. The van der Waals surface area contributed by atoms with Crippen LogP contribution in [0.3, 0.4) is 0 Å². The second kappa shape index (κ2) is 8.50. The highest BCUT2D eigenvalue weighted by molar-refractivity contribution is 7.75. The Kier molecular flexibility index (Phi) is 6.97. The predicted octanol–water partition coefficient (Wildman–Crippen LogP) is 2.94. The van der Waals surface area contributed by atoms with Crippen molar-refractivity contribution >= 4 is 16.7 Å². The molecule has 0 bridgehead atoms. The topological polar surface area (TPSA) is 81.8 Å². The third kappa shape index (κ3) is 5.99.